The third-order valence-corrected chi connectivity index (χ3v) is 6.71. The van der Waals surface area contributed by atoms with Gasteiger partial charge in [0.15, 0.2) is 0 Å². The fraction of sp³-hybridized carbons (Fsp3) is 0.667. The van der Waals surface area contributed by atoms with Gasteiger partial charge in [-0.1, -0.05) is 25.6 Å². The maximum Gasteiger partial charge on any atom is 0.522 e. The van der Waals surface area contributed by atoms with E-state index in [4.69, 9.17) is 0 Å². The quantitative estimate of drug-likeness (QED) is 0.615. The molecule has 1 fully saturated rings. The molecule has 1 aromatic rings. The van der Waals surface area contributed by atoms with Crippen molar-refractivity contribution in [3.05, 3.63) is 26.4 Å². The van der Waals surface area contributed by atoms with Gasteiger partial charge < -0.3 is 10.2 Å². The average molecular weight is 464 g/mol. The summed E-state index contributed by atoms with van der Waals surface area (Å²) in [5, 5.41) is 2.04. The lowest BCUT2D eigenvalue weighted by Gasteiger charge is -2.29. The van der Waals surface area contributed by atoms with Crippen LogP contribution in [-0.2, 0) is 27.4 Å². The van der Waals surface area contributed by atoms with Gasteiger partial charge in [0.05, 0.1) is 35.5 Å². The summed E-state index contributed by atoms with van der Waals surface area (Å²) in [7, 11) is 0. The molecule has 3 heterocycles. The lowest BCUT2D eigenvalue weighted by Crippen LogP contribution is -2.52. The average Bonchev–Trinajstić information content (AvgIpc) is 3.03. The van der Waals surface area contributed by atoms with Crippen molar-refractivity contribution >= 4 is 23.6 Å². The van der Waals surface area contributed by atoms with Crippen LogP contribution in [-0.4, -0.2) is 63.7 Å². The van der Waals surface area contributed by atoms with Gasteiger partial charge in [0.25, 0.3) is 5.56 Å². The first-order valence-electron chi connectivity index (χ1n) is 9.85. The topological polar surface area (TPSA) is 103 Å². The minimum Gasteiger partial charge on any atom is -0.353 e. The van der Waals surface area contributed by atoms with Crippen molar-refractivity contribution in [1.82, 2.24) is 19.4 Å². The number of piperazine rings is 1. The first-order valence-corrected chi connectivity index (χ1v) is 10.7. The van der Waals surface area contributed by atoms with Crippen LogP contribution < -0.4 is 16.6 Å². The standard InChI is InChI=1S/C18H23F3N4O5S/c1-3-5-24-14(27)12-10(2)13(15(28)23-6-4-22-11(26)9-23)31-16(12)25(17(24)29)7-8-30-18(19,20)21/h10,13H,3-9H2,1-2H3,(H,22,26). The number of aromatic nitrogens is 2. The predicted molar refractivity (Wildman–Crippen MR) is 105 cm³/mol. The van der Waals surface area contributed by atoms with Crippen molar-refractivity contribution in [2.24, 2.45) is 0 Å². The third kappa shape index (κ3) is 4.81. The summed E-state index contributed by atoms with van der Waals surface area (Å²) in [6.07, 6.45) is -4.38. The molecular formula is C18H23F3N4O5S. The number of ether oxygens (including phenoxy) is 1. The van der Waals surface area contributed by atoms with E-state index in [0.29, 0.717) is 19.5 Å². The Morgan fingerprint density at radius 2 is 1.94 bits per heavy atom. The Balaban J connectivity index is 1.97. The lowest BCUT2D eigenvalue weighted by molar-refractivity contribution is -0.325. The van der Waals surface area contributed by atoms with Gasteiger partial charge >= 0.3 is 12.1 Å². The van der Waals surface area contributed by atoms with Crippen LogP contribution in [0.3, 0.4) is 0 Å². The number of fused-ring (bicyclic) bond motifs is 1. The third-order valence-electron chi connectivity index (χ3n) is 5.18. The summed E-state index contributed by atoms with van der Waals surface area (Å²) in [5.74, 6) is -1.22. The molecule has 0 aliphatic carbocycles. The maximum absolute atomic E-state index is 13.0. The van der Waals surface area contributed by atoms with Crippen LogP contribution in [0.4, 0.5) is 13.2 Å². The van der Waals surface area contributed by atoms with E-state index in [1.807, 2.05) is 0 Å². The van der Waals surface area contributed by atoms with Gasteiger partial charge in [-0.2, -0.15) is 0 Å². The fourth-order valence-corrected chi connectivity index (χ4v) is 5.26. The summed E-state index contributed by atoms with van der Waals surface area (Å²) < 4.78 is 43.1. The van der Waals surface area contributed by atoms with E-state index < -0.39 is 41.9 Å². The van der Waals surface area contributed by atoms with Gasteiger partial charge in [0.1, 0.15) is 0 Å². The normalized spacial score (nSPS) is 21.2. The Labute approximate surface area is 179 Å². The zero-order chi connectivity index (χ0) is 22.9. The van der Waals surface area contributed by atoms with Crippen LogP contribution in [0.5, 0.6) is 0 Å². The van der Waals surface area contributed by atoms with E-state index >= 15 is 0 Å². The molecule has 2 unspecified atom stereocenters. The molecule has 1 aromatic heterocycles. The van der Waals surface area contributed by atoms with Crippen LogP contribution >= 0.6 is 11.8 Å². The summed E-state index contributed by atoms with van der Waals surface area (Å²) in [4.78, 5) is 51.9. The number of carbonyl (C=O) groups is 2. The van der Waals surface area contributed by atoms with E-state index in [1.54, 1.807) is 13.8 Å². The Kier molecular flexibility index (Phi) is 6.84. The summed E-state index contributed by atoms with van der Waals surface area (Å²) >= 11 is 0.977. The lowest BCUT2D eigenvalue weighted by atomic mass is 9.99. The van der Waals surface area contributed by atoms with Crippen molar-refractivity contribution in [2.45, 2.75) is 55.9 Å². The summed E-state index contributed by atoms with van der Waals surface area (Å²) in [6, 6.07) is 0. The van der Waals surface area contributed by atoms with E-state index in [9.17, 15) is 32.3 Å². The highest BCUT2D eigenvalue weighted by atomic mass is 32.2. The number of carbonyl (C=O) groups excluding carboxylic acids is 2. The maximum atomic E-state index is 13.0. The monoisotopic (exact) mass is 464 g/mol. The van der Waals surface area contributed by atoms with Crippen molar-refractivity contribution in [1.29, 1.82) is 0 Å². The molecule has 13 heteroatoms. The van der Waals surface area contributed by atoms with Crippen LogP contribution in [0.2, 0.25) is 0 Å². The number of hydrogen-bond acceptors (Lipinski definition) is 6. The van der Waals surface area contributed by atoms with Crippen LogP contribution in [0, 0.1) is 0 Å². The number of halogens is 3. The minimum absolute atomic E-state index is 0.105. The molecule has 0 bridgehead atoms. The number of alkyl halides is 3. The molecule has 9 nitrogen and oxygen atoms in total. The van der Waals surface area contributed by atoms with E-state index in [-0.39, 0.29) is 35.5 Å². The Hall–Kier alpha value is -2.28. The van der Waals surface area contributed by atoms with Crippen molar-refractivity contribution in [3.63, 3.8) is 0 Å². The van der Waals surface area contributed by atoms with Crippen molar-refractivity contribution in [2.75, 3.05) is 26.2 Å². The predicted octanol–water partition coefficient (Wildman–Crippen LogP) is 0.493. The van der Waals surface area contributed by atoms with Gasteiger partial charge in [0.2, 0.25) is 11.8 Å². The highest BCUT2D eigenvalue weighted by Gasteiger charge is 2.42. The van der Waals surface area contributed by atoms with Crippen molar-refractivity contribution < 1.29 is 27.5 Å². The van der Waals surface area contributed by atoms with Gasteiger partial charge in [-0.05, 0) is 6.42 Å². The summed E-state index contributed by atoms with van der Waals surface area (Å²) in [5.41, 5.74) is -1.05. The Morgan fingerprint density at radius 1 is 1.23 bits per heavy atom. The second-order valence-electron chi connectivity index (χ2n) is 7.34. The minimum atomic E-state index is -4.85. The van der Waals surface area contributed by atoms with Gasteiger partial charge in [-0.25, -0.2) is 4.79 Å². The SMILES string of the molecule is CCCn1c(=O)c2c(n(CCOC(F)(F)F)c1=O)SC(C(=O)N1CCNC(=O)C1)C2C. The molecule has 2 aliphatic heterocycles. The smallest absolute Gasteiger partial charge is 0.353 e. The van der Waals surface area contributed by atoms with Gasteiger partial charge in [-0.3, -0.25) is 28.3 Å². The number of hydrogen-bond donors (Lipinski definition) is 1. The van der Waals surface area contributed by atoms with Crippen molar-refractivity contribution in [3.8, 4) is 0 Å². The molecule has 1 N–H and O–H groups in total. The zero-order valence-electron chi connectivity index (χ0n) is 17.0. The molecule has 1 saturated heterocycles. The molecule has 3 rings (SSSR count). The van der Waals surface area contributed by atoms with Gasteiger partial charge in [0, 0.05) is 25.6 Å². The van der Waals surface area contributed by atoms with Gasteiger partial charge in [-0.15, -0.1) is 13.2 Å². The van der Waals surface area contributed by atoms with E-state index in [0.717, 1.165) is 20.9 Å². The Bertz CT molecular complexity index is 990. The van der Waals surface area contributed by atoms with E-state index in [2.05, 4.69) is 10.1 Å². The number of amides is 2. The molecule has 0 radical (unpaired) electrons. The first kappa shape index (κ1) is 23.4. The molecule has 172 valence electrons. The molecule has 0 aromatic carbocycles. The van der Waals surface area contributed by atoms with Crippen LogP contribution in [0.1, 0.15) is 31.7 Å². The highest BCUT2D eigenvalue weighted by molar-refractivity contribution is 8.01. The zero-order valence-corrected chi connectivity index (χ0v) is 17.8. The summed E-state index contributed by atoms with van der Waals surface area (Å²) in [6.45, 7) is 2.84. The van der Waals surface area contributed by atoms with E-state index in [1.165, 1.54) is 4.90 Å². The van der Waals surface area contributed by atoms with Crippen LogP contribution in [0.25, 0.3) is 0 Å². The molecule has 0 saturated carbocycles. The molecule has 0 spiro atoms. The highest BCUT2D eigenvalue weighted by Crippen LogP contribution is 2.43. The second-order valence-corrected chi connectivity index (χ2v) is 8.47. The number of thioether (sulfide) groups is 1. The first-order chi connectivity index (χ1) is 14.5. The largest absolute Gasteiger partial charge is 0.522 e. The molecule has 2 atom stereocenters. The Morgan fingerprint density at radius 3 is 2.55 bits per heavy atom. The van der Waals surface area contributed by atoms with Crippen LogP contribution in [0.15, 0.2) is 14.6 Å². The number of nitrogens with one attached hydrogen (secondary N) is 1. The molecule has 2 aliphatic rings. The number of nitrogens with zero attached hydrogens (tertiary/aromatic N) is 3. The second kappa shape index (κ2) is 9.07. The fourth-order valence-electron chi connectivity index (χ4n) is 3.73. The molecular weight excluding hydrogens is 441 g/mol. The molecule has 31 heavy (non-hydrogen) atoms. The molecule has 2 amide bonds. The number of rotatable bonds is 6.